The second-order valence-electron chi connectivity index (χ2n) is 10.0. The normalized spacial score (nSPS) is 25.8. The molecule has 206 valence electrons. The van der Waals surface area contributed by atoms with Crippen LogP contribution < -0.4 is 10.6 Å². The molecule has 1 aromatic carbocycles. The van der Waals surface area contributed by atoms with Crippen LogP contribution in [0.3, 0.4) is 0 Å². The van der Waals surface area contributed by atoms with Gasteiger partial charge in [0.2, 0.25) is 5.91 Å². The minimum atomic E-state index is -4.56. The molecule has 2 atom stereocenters. The van der Waals surface area contributed by atoms with E-state index in [-0.39, 0.29) is 36.1 Å². The van der Waals surface area contributed by atoms with Gasteiger partial charge in [-0.2, -0.15) is 13.2 Å². The Labute approximate surface area is 219 Å². The van der Waals surface area contributed by atoms with Crippen LogP contribution >= 0.6 is 0 Å². The van der Waals surface area contributed by atoms with Crippen LogP contribution in [0.2, 0.25) is 0 Å². The molecular weight excluding hydrogens is 501 g/mol. The number of aromatic nitrogens is 1. The number of amides is 2. The van der Waals surface area contributed by atoms with E-state index in [0.29, 0.717) is 38.1 Å². The lowest BCUT2D eigenvalue weighted by molar-refractivity contribution is -0.137. The molecule has 1 saturated carbocycles. The third-order valence-electron chi connectivity index (χ3n) is 7.37. The molecule has 0 radical (unpaired) electrons. The molecule has 2 fully saturated rings. The third kappa shape index (κ3) is 6.69. The number of carbonyl (C=O) groups is 2. The van der Waals surface area contributed by atoms with Crippen molar-refractivity contribution in [3.8, 4) is 0 Å². The second-order valence-corrected chi connectivity index (χ2v) is 10.0. The molecule has 1 aromatic heterocycles. The van der Waals surface area contributed by atoms with Crippen molar-refractivity contribution in [2.45, 2.75) is 62.0 Å². The highest BCUT2D eigenvalue weighted by atomic mass is 19.4. The van der Waals surface area contributed by atoms with E-state index in [2.05, 4.69) is 15.6 Å². The number of ether oxygens (including phenoxy) is 1. The molecule has 2 aliphatic rings. The Hall–Kier alpha value is -3.02. The molecule has 0 spiro atoms. The molecule has 2 amide bonds. The van der Waals surface area contributed by atoms with Gasteiger partial charge in [0.25, 0.3) is 5.91 Å². The van der Waals surface area contributed by atoms with E-state index < -0.39 is 23.2 Å². The number of aliphatic hydroxyl groups is 1. The summed E-state index contributed by atoms with van der Waals surface area (Å²) in [5, 5.41) is 17.1. The molecule has 2 heterocycles. The quantitative estimate of drug-likeness (QED) is 0.481. The average Bonchev–Trinajstić information content (AvgIpc) is 3.31. The molecule has 2 unspecified atom stereocenters. The van der Waals surface area contributed by atoms with Crippen LogP contribution in [0.15, 0.2) is 48.7 Å². The van der Waals surface area contributed by atoms with Gasteiger partial charge in [-0.1, -0.05) is 12.1 Å². The van der Waals surface area contributed by atoms with Crippen molar-refractivity contribution in [2.75, 3.05) is 26.8 Å². The van der Waals surface area contributed by atoms with Crippen LogP contribution in [0.1, 0.15) is 53.7 Å². The predicted octanol–water partition coefficient (Wildman–Crippen LogP) is 2.87. The van der Waals surface area contributed by atoms with Gasteiger partial charge in [-0.3, -0.25) is 14.6 Å². The summed E-state index contributed by atoms with van der Waals surface area (Å²) < 4.78 is 44.2. The summed E-state index contributed by atoms with van der Waals surface area (Å²) in [5.41, 5.74) is -1.34. The predicted molar refractivity (Wildman–Crippen MR) is 133 cm³/mol. The maximum atomic E-state index is 13.0. The van der Waals surface area contributed by atoms with Crippen molar-refractivity contribution < 1.29 is 32.6 Å². The van der Waals surface area contributed by atoms with Gasteiger partial charge in [-0.05, 0) is 62.4 Å². The van der Waals surface area contributed by atoms with E-state index in [1.165, 1.54) is 6.07 Å². The van der Waals surface area contributed by atoms with Crippen molar-refractivity contribution >= 4 is 11.8 Å². The monoisotopic (exact) mass is 534 g/mol. The SMILES string of the molecule is COCC1CC(NC2CCC(O)(c3ccccn3)CC2)CN1C(=O)CNC(=O)c1cccc(C(F)(F)F)c1. The number of methoxy groups -OCH3 is 1. The van der Waals surface area contributed by atoms with Crippen LogP contribution in [-0.2, 0) is 21.3 Å². The number of carbonyl (C=O) groups excluding carboxylic acids is 2. The Morgan fingerprint density at radius 2 is 1.92 bits per heavy atom. The summed E-state index contributed by atoms with van der Waals surface area (Å²) >= 11 is 0. The van der Waals surface area contributed by atoms with Crippen LogP contribution in [0, 0.1) is 0 Å². The van der Waals surface area contributed by atoms with E-state index in [0.717, 1.165) is 31.0 Å². The number of alkyl halides is 3. The molecule has 0 bridgehead atoms. The first-order valence-corrected chi connectivity index (χ1v) is 12.7. The van der Waals surface area contributed by atoms with E-state index >= 15 is 0 Å². The van der Waals surface area contributed by atoms with Crippen molar-refractivity contribution in [3.63, 3.8) is 0 Å². The molecule has 2 aromatic rings. The zero-order chi connectivity index (χ0) is 27.3. The molecule has 4 rings (SSSR count). The fourth-order valence-corrected chi connectivity index (χ4v) is 5.38. The molecule has 3 N–H and O–H groups in total. The first-order valence-electron chi connectivity index (χ1n) is 12.7. The number of benzene rings is 1. The summed E-state index contributed by atoms with van der Waals surface area (Å²) in [6.07, 6.45) is 0.480. The van der Waals surface area contributed by atoms with Crippen LogP contribution in [-0.4, -0.2) is 71.7 Å². The number of hydrogen-bond donors (Lipinski definition) is 3. The summed E-state index contributed by atoms with van der Waals surface area (Å²) in [4.78, 5) is 31.4. The van der Waals surface area contributed by atoms with E-state index in [1.807, 2.05) is 18.2 Å². The van der Waals surface area contributed by atoms with Crippen LogP contribution in [0.4, 0.5) is 13.2 Å². The third-order valence-corrected chi connectivity index (χ3v) is 7.37. The van der Waals surface area contributed by atoms with Gasteiger partial charge in [0.05, 0.1) is 30.5 Å². The summed E-state index contributed by atoms with van der Waals surface area (Å²) in [5.74, 6) is -1.07. The number of nitrogens with one attached hydrogen (secondary N) is 2. The molecule has 8 nitrogen and oxygen atoms in total. The Bertz CT molecular complexity index is 1110. The smallest absolute Gasteiger partial charge is 0.384 e. The maximum Gasteiger partial charge on any atom is 0.416 e. The molecule has 11 heteroatoms. The fourth-order valence-electron chi connectivity index (χ4n) is 5.38. The highest BCUT2D eigenvalue weighted by molar-refractivity contribution is 5.96. The Kier molecular flexibility index (Phi) is 8.69. The lowest BCUT2D eigenvalue weighted by atomic mass is 9.79. The maximum absolute atomic E-state index is 13.0. The summed E-state index contributed by atoms with van der Waals surface area (Å²) in [6, 6.07) is 9.63. The highest BCUT2D eigenvalue weighted by Gasteiger charge is 2.39. The molecule has 38 heavy (non-hydrogen) atoms. The first kappa shape index (κ1) is 28.0. The lowest BCUT2D eigenvalue weighted by Gasteiger charge is -2.37. The molecule has 1 aliphatic heterocycles. The van der Waals surface area contributed by atoms with Crippen molar-refractivity contribution in [3.05, 3.63) is 65.5 Å². The van der Waals surface area contributed by atoms with E-state index in [4.69, 9.17) is 4.74 Å². The highest BCUT2D eigenvalue weighted by Crippen LogP contribution is 2.36. The van der Waals surface area contributed by atoms with Gasteiger partial charge >= 0.3 is 6.18 Å². The number of rotatable bonds is 8. The number of pyridine rings is 1. The van der Waals surface area contributed by atoms with Gasteiger partial charge < -0.3 is 25.4 Å². The van der Waals surface area contributed by atoms with Gasteiger partial charge in [0.1, 0.15) is 5.60 Å². The van der Waals surface area contributed by atoms with Gasteiger partial charge in [-0.15, -0.1) is 0 Å². The Balaban J connectivity index is 1.30. The Morgan fingerprint density at radius 3 is 2.58 bits per heavy atom. The Morgan fingerprint density at radius 1 is 1.16 bits per heavy atom. The van der Waals surface area contributed by atoms with Crippen LogP contribution in [0.5, 0.6) is 0 Å². The summed E-state index contributed by atoms with van der Waals surface area (Å²) in [6.45, 7) is 0.422. The minimum Gasteiger partial charge on any atom is -0.384 e. The first-order chi connectivity index (χ1) is 18.1. The molecule has 1 aliphatic carbocycles. The number of likely N-dealkylation sites (tertiary alicyclic amines) is 1. The zero-order valence-corrected chi connectivity index (χ0v) is 21.2. The number of halogens is 3. The van der Waals surface area contributed by atoms with Gasteiger partial charge in [0.15, 0.2) is 0 Å². The topological polar surface area (TPSA) is 104 Å². The van der Waals surface area contributed by atoms with Crippen molar-refractivity contribution in [2.24, 2.45) is 0 Å². The van der Waals surface area contributed by atoms with Crippen molar-refractivity contribution in [1.82, 2.24) is 20.5 Å². The lowest BCUT2D eigenvalue weighted by Crippen LogP contribution is -2.47. The number of nitrogens with zero attached hydrogens (tertiary/aromatic N) is 2. The van der Waals surface area contributed by atoms with Gasteiger partial charge in [0, 0.05) is 37.5 Å². The van der Waals surface area contributed by atoms with E-state index in [1.54, 1.807) is 18.2 Å². The largest absolute Gasteiger partial charge is 0.416 e. The fraction of sp³-hybridized carbons (Fsp3) is 0.519. The van der Waals surface area contributed by atoms with Gasteiger partial charge in [-0.25, -0.2) is 0 Å². The standard InChI is InChI=1S/C27H33F3N4O4/c1-38-17-22-14-21(33-20-8-10-26(37,11-9-20)23-7-2-3-12-31-23)16-34(22)24(35)15-32-25(36)18-5-4-6-19(13-18)27(28,29)30/h2-7,12-13,20-22,33,37H,8-11,14-17H2,1H3,(H,32,36). The minimum absolute atomic E-state index is 0.0179. The zero-order valence-electron chi connectivity index (χ0n) is 21.2. The molecule has 1 saturated heterocycles. The summed E-state index contributed by atoms with van der Waals surface area (Å²) in [7, 11) is 1.55. The second kappa shape index (κ2) is 11.8. The van der Waals surface area contributed by atoms with Crippen LogP contribution in [0.25, 0.3) is 0 Å². The average molecular weight is 535 g/mol. The number of hydrogen-bond acceptors (Lipinski definition) is 6. The van der Waals surface area contributed by atoms with Crippen molar-refractivity contribution in [1.29, 1.82) is 0 Å². The molecular formula is C27H33F3N4O4. The van der Waals surface area contributed by atoms with E-state index in [9.17, 15) is 27.9 Å².